The number of hydrogen-bond donors (Lipinski definition) is 0. The zero-order valence-electron chi connectivity index (χ0n) is 15.6. The first-order chi connectivity index (χ1) is 13.9. The number of carbonyl (C=O) groups is 1. The van der Waals surface area contributed by atoms with Gasteiger partial charge in [-0.05, 0) is 24.6 Å². The fraction of sp³-hybridized carbons (Fsp3) is 0.250. The summed E-state index contributed by atoms with van der Waals surface area (Å²) < 4.78 is 1.21. The highest BCUT2D eigenvalue weighted by Gasteiger charge is 2.24. The molecule has 0 fully saturated rings. The van der Waals surface area contributed by atoms with E-state index in [2.05, 4.69) is 11.9 Å². The lowest BCUT2D eigenvalue weighted by Gasteiger charge is -2.23. The van der Waals surface area contributed by atoms with Gasteiger partial charge in [0.25, 0.3) is 11.2 Å². The molecule has 1 aliphatic rings. The molecule has 1 amide bonds. The van der Waals surface area contributed by atoms with Crippen LogP contribution in [0, 0.1) is 10.1 Å². The number of thioether (sulfide) groups is 1. The van der Waals surface area contributed by atoms with Crippen LogP contribution in [0.1, 0.15) is 13.3 Å². The van der Waals surface area contributed by atoms with Crippen molar-refractivity contribution in [3.8, 4) is 0 Å². The minimum Gasteiger partial charge on any atom is -0.310 e. The predicted octanol–water partition coefficient (Wildman–Crippen LogP) is 3.22. The second-order valence-electron chi connectivity index (χ2n) is 6.87. The fourth-order valence-corrected chi connectivity index (χ4v) is 4.46. The fourth-order valence-electron chi connectivity index (χ4n) is 3.35. The van der Waals surface area contributed by atoms with Gasteiger partial charge in [-0.2, -0.15) is 0 Å². The van der Waals surface area contributed by atoms with Crippen LogP contribution >= 0.6 is 11.8 Å². The van der Waals surface area contributed by atoms with E-state index < -0.39 is 10.5 Å². The Bertz CT molecular complexity index is 1180. The third-order valence-electron chi connectivity index (χ3n) is 4.87. The number of amides is 1. The second-order valence-corrected chi connectivity index (χ2v) is 8.35. The van der Waals surface area contributed by atoms with E-state index in [1.54, 1.807) is 16.7 Å². The van der Waals surface area contributed by atoms with Crippen LogP contribution in [-0.4, -0.2) is 32.2 Å². The highest BCUT2D eigenvalue weighted by atomic mass is 32.2. The Balaban J connectivity index is 1.68. The molecule has 8 nitrogen and oxygen atoms in total. The van der Waals surface area contributed by atoms with E-state index in [0.29, 0.717) is 17.3 Å². The molecule has 9 heteroatoms. The van der Waals surface area contributed by atoms with Crippen molar-refractivity contribution in [2.24, 2.45) is 0 Å². The SMILES string of the molecule is C[C@H]1CCN(C(=O)Cn2cnc3ccc([N+](=O)[O-])cc3c2=O)c2ccccc2S1. The Morgan fingerprint density at radius 1 is 1.31 bits per heavy atom. The van der Waals surface area contributed by atoms with Gasteiger partial charge in [-0.3, -0.25) is 24.3 Å². The minimum absolute atomic E-state index is 0.120. The van der Waals surface area contributed by atoms with Crippen molar-refractivity contribution in [2.45, 2.75) is 30.0 Å². The molecule has 2 aromatic carbocycles. The zero-order chi connectivity index (χ0) is 20.5. The quantitative estimate of drug-likeness (QED) is 0.486. The van der Waals surface area contributed by atoms with Gasteiger partial charge in [0, 0.05) is 28.8 Å². The van der Waals surface area contributed by atoms with Gasteiger partial charge in [-0.1, -0.05) is 19.1 Å². The second kappa shape index (κ2) is 7.67. The molecule has 0 radical (unpaired) electrons. The van der Waals surface area contributed by atoms with Crippen molar-refractivity contribution in [2.75, 3.05) is 11.4 Å². The summed E-state index contributed by atoms with van der Waals surface area (Å²) in [5.41, 5.74) is 0.532. The number of nitrogens with zero attached hydrogens (tertiary/aromatic N) is 4. The number of non-ortho nitro benzene ring substituents is 1. The molecular weight excluding hydrogens is 392 g/mol. The van der Waals surface area contributed by atoms with E-state index in [4.69, 9.17) is 0 Å². The number of nitro benzene ring substituents is 1. The summed E-state index contributed by atoms with van der Waals surface area (Å²) in [6, 6.07) is 11.7. The van der Waals surface area contributed by atoms with Gasteiger partial charge in [0.15, 0.2) is 0 Å². The minimum atomic E-state index is -0.561. The number of aromatic nitrogens is 2. The Labute approximate surface area is 170 Å². The first kappa shape index (κ1) is 19.1. The molecule has 3 aromatic rings. The zero-order valence-corrected chi connectivity index (χ0v) is 16.5. The van der Waals surface area contributed by atoms with Gasteiger partial charge in [0.2, 0.25) is 5.91 Å². The van der Waals surface area contributed by atoms with Crippen molar-refractivity contribution in [1.82, 2.24) is 9.55 Å². The van der Waals surface area contributed by atoms with Crippen molar-refractivity contribution in [3.63, 3.8) is 0 Å². The number of hydrogen-bond acceptors (Lipinski definition) is 6. The largest absolute Gasteiger partial charge is 0.310 e. The van der Waals surface area contributed by atoms with Gasteiger partial charge >= 0.3 is 0 Å². The van der Waals surface area contributed by atoms with Gasteiger partial charge in [0.05, 0.1) is 27.8 Å². The third kappa shape index (κ3) is 3.73. The van der Waals surface area contributed by atoms with Crippen molar-refractivity contribution < 1.29 is 9.72 Å². The first-order valence-corrected chi connectivity index (χ1v) is 10.0. The van der Waals surface area contributed by atoms with E-state index in [1.165, 1.54) is 29.1 Å². The average Bonchev–Trinajstić information content (AvgIpc) is 2.88. The molecule has 2 heterocycles. The smallest absolute Gasteiger partial charge is 0.270 e. The number of carbonyl (C=O) groups excluding carboxylic acids is 1. The lowest BCUT2D eigenvalue weighted by Crippen LogP contribution is -2.37. The first-order valence-electron chi connectivity index (χ1n) is 9.13. The van der Waals surface area contributed by atoms with Crippen molar-refractivity contribution >= 4 is 39.9 Å². The molecule has 1 aliphatic heterocycles. The summed E-state index contributed by atoms with van der Waals surface area (Å²) in [6.07, 6.45) is 2.15. The Morgan fingerprint density at radius 3 is 2.90 bits per heavy atom. The third-order valence-corrected chi connectivity index (χ3v) is 6.11. The topological polar surface area (TPSA) is 98.3 Å². The number of benzene rings is 2. The summed E-state index contributed by atoms with van der Waals surface area (Å²) in [6.45, 7) is 2.50. The Kier molecular flexibility index (Phi) is 5.06. The molecule has 148 valence electrons. The molecule has 1 aromatic heterocycles. The van der Waals surface area contributed by atoms with Crippen LogP contribution in [0.2, 0.25) is 0 Å². The van der Waals surface area contributed by atoms with E-state index in [9.17, 15) is 19.7 Å². The maximum absolute atomic E-state index is 13.1. The Morgan fingerprint density at radius 2 is 2.10 bits per heavy atom. The van der Waals surface area contributed by atoms with E-state index in [1.807, 2.05) is 24.3 Å². The van der Waals surface area contributed by atoms with Crippen LogP contribution in [0.15, 0.2) is 58.5 Å². The predicted molar refractivity (Wildman–Crippen MR) is 111 cm³/mol. The van der Waals surface area contributed by atoms with Crippen LogP contribution < -0.4 is 10.5 Å². The van der Waals surface area contributed by atoms with Crippen molar-refractivity contribution in [1.29, 1.82) is 0 Å². The summed E-state index contributed by atoms with van der Waals surface area (Å²) in [5, 5.41) is 11.5. The number of nitro groups is 1. The van der Waals surface area contributed by atoms with E-state index >= 15 is 0 Å². The van der Waals surface area contributed by atoms with Gasteiger partial charge in [0.1, 0.15) is 6.54 Å². The van der Waals surface area contributed by atoms with Gasteiger partial charge in [-0.15, -0.1) is 11.8 Å². The monoisotopic (exact) mass is 410 g/mol. The maximum Gasteiger partial charge on any atom is 0.270 e. The number of anilines is 1. The highest BCUT2D eigenvalue weighted by molar-refractivity contribution is 8.00. The van der Waals surface area contributed by atoms with Gasteiger partial charge in [-0.25, -0.2) is 4.98 Å². The molecule has 0 unspecified atom stereocenters. The molecule has 1 atom stereocenters. The molecule has 29 heavy (non-hydrogen) atoms. The van der Waals surface area contributed by atoms with Crippen molar-refractivity contribution in [3.05, 3.63) is 69.3 Å². The summed E-state index contributed by atoms with van der Waals surface area (Å²) >= 11 is 1.73. The number of fused-ring (bicyclic) bond motifs is 2. The molecular formula is C20H18N4O4S. The normalized spacial score (nSPS) is 16.3. The molecule has 0 spiro atoms. The van der Waals surface area contributed by atoms with Crippen LogP contribution in [-0.2, 0) is 11.3 Å². The Hall–Kier alpha value is -3.20. The lowest BCUT2D eigenvalue weighted by atomic mass is 10.2. The van der Waals surface area contributed by atoms with Crippen LogP contribution in [0.3, 0.4) is 0 Å². The van der Waals surface area contributed by atoms with Crippen LogP contribution in [0.25, 0.3) is 10.9 Å². The lowest BCUT2D eigenvalue weighted by molar-refractivity contribution is -0.384. The van der Waals surface area contributed by atoms with Gasteiger partial charge < -0.3 is 4.90 Å². The summed E-state index contributed by atoms with van der Waals surface area (Å²) in [7, 11) is 0. The molecule has 0 bridgehead atoms. The molecule has 0 N–H and O–H groups in total. The molecule has 0 saturated carbocycles. The standard InChI is InChI=1S/C20H18N4O4S/c1-13-8-9-23(17-4-2-3-5-18(17)29-13)19(25)11-22-12-21-16-7-6-14(24(27)28)10-15(16)20(22)26/h2-7,10,12-13H,8-9,11H2,1H3/t13-/m0/s1. The summed E-state index contributed by atoms with van der Waals surface area (Å²) in [5.74, 6) is -0.221. The molecule has 0 aliphatic carbocycles. The molecule has 0 saturated heterocycles. The number of rotatable bonds is 3. The summed E-state index contributed by atoms with van der Waals surface area (Å²) in [4.78, 5) is 43.3. The van der Waals surface area contributed by atoms with Crippen LogP contribution in [0.5, 0.6) is 0 Å². The van der Waals surface area contributed by atoms with E-state index in [0.717, 1.165) is 17.0 Å². The van der Waals surface area contributed by atoms with Crippen LogP contribution in [0.4, 0.5) is 11.4 Å². The highest BCUT2D eigenvalue weighted by Crippen LogP contribution is 2.37. The molecule has 4 rings (SSSR count). The maximum atomic E-state index is 13.1. The number of para-hydroxylation sites is 1. The van der Waals surface area contributed by atoms with E-state index in [-0.39, 0.29) is 23.5 Å². The average molecular weight is 410 g/mol.